The molecule has 2 aromatic rings. The molecule has 1 atom stereocenters. The molecule has 0 saturated carbocycles. The summed E-state index contributed by atoms with van der Waals surface area (Å²) in [4.78, 5) is 0.174. The highest BCUT2D eigenvalue weighted by atomic mass is 32.2. The van der Waals surface area contributed by atoms with Crippen molar-refractivity contribution in [3.63, 3.8) is 0 Å². The fraction of sp³-hybridized carbons (Fsp3) is 0.222. The third-order valence-corrected chi connectivity index (χ3v) is 5.24. The van der Waals surface area contributed by atoms with Crippen LogP contribution in [0.4, 0.5) is 5.69 Å². The molecule has 0 aliphatic carbocycles. The predicted octanol–water partition coefficient (Wildman–Crippen LogP) is 3.58. The number of aliphatic hydroxyl groups is 1. The highest BCUT2D eigenvalue weighted by Gasteiger charge is 2.28. The van der Waals surface area contributed by atoms with Gasteiger partial charge >= 0.3 is 0 Å². The minimum absolute atomic E-state index is 0.174. The smallest absolute Gasteiger partial charge is 0.261 e. The summed E-state index contributed by atoms with van der Waals surface area (Å²) in [5, 5.41) is 10.6. The second-order valence-electron chi connectivity index (χ2n) is 5.82. The number of sulfonamides is 1. The Morgan fingerprint density at radius 2 is 1.70 bits per heavy atom. The van der Waals surface area contributed by atoms with Crippen LogP contribution in [0.1, 0.15) is 25.0 Å². The second-order valence-corrected chi connectivity index (χ2v) is 7.50. The van der Waals surface area contributed by atoms with Gasteiger partial charge in [-0.3, -0.25) is 4.72 Å². The standard InChI is InChI=1S/C18H21NO3S/c1-13(2)18(4,20)16-7-5-6-8-17(16)19-23(21,22)15-11-9-14(3)10-12-15/h5-12,19-20H,1H2,2-4H3. The monoisotopic (exact) mass is 331 g/mol. The predicted molar refractivity (Wildman–Crippen MR) is 92.8 cm³/mol. The molecule has 2 rings (SSSR count). The van der Waals surface area contributed by atoms with E-state index in [1.54, 1.807) is 62.4 Å². The number of para-hydroxylation sites is 1. The summed E-state index contributed by atoms with van der Waals surface area (Å²) in [5.41, 5.74) is 0.977. The van der Waals surface area contributed by atoms with Crippen LogP contribution >= 0.6 is 0 Å². The summed E-state index contributed by atoms with van der Waals surface area (Å²) in [6, 6.07) is 13.4. The molecule has 0 heterocycles. The Labute approximate surface area is 137 Å². The summed E-state index contributed by atoms with van der Waals surface area (Å²) in [5.74, 6) is 0. The molecule has 4 nitrogen and oxygen atoms in total. The normalized spacial score (nSPS) is 14.1. The summed E-state index contributed by atoms with van der Waals surface area (Å²) in [7, 11) is -3.73. The maximum Gasteiger partial charge on any atom is 0.261 e. The van der Waals surface area contributed by atoms with Crippen molar-refractivity contribution in [2.24, 2.45) is 0 Å². The number of benzene rings is 2. The van der Waals surface area contributed by atoms with Crippen molar-refractivity contribution in [3.05, 3.63) is 71.8 Å². The van der Waals surface area contributed by atoms with Gasteiger partial charge in [0.05, 0.1) is 10.6 Å². The van der Waals surface area contributed by atoms with Crippen molar-refractivity contribution in [3.8, 4) is 0 Å². The Kier molecular flexibility index (Phi) is 4.63. The zero-order chi connectivity index (χ0) is 17.3. The van der Waals surface area contributed by atoms with Gasteiger partial charge in [-0.05, 0) is 44.5 Å². The van der Waals surface area contributed by atoms with Gasteiger partial charge in [-0.25, -0.2) is 8.42 Å². The van der Waals surface area contributed by atoms with Crippen LogP contribution in [-0.2, 0) is 15.6 Å². The molecule has 23 heavy (non-hydrogen) atoms. The number of rotatable bonds is 5. The molecule has 1 unspecified atom stereocenters. The average Bonchev–Trinajstić information content (AvgIpc) is 2.47. The van der Waals surface area contributed by atoms with Crippen molar-refractivity contribution in [2.75, 3.05) is 4.72 Å². The largest absolute Gasteiger partial charge is 0.381 e. The van der Waals surface area contributed by atoms with E-state index >= 15 is 0 Å². The molecule has 122 valence electrons. The Balaban J connectivity index is 2.45. The molecule has 2 aromatic carbocycles. The number of hydrogen-bond donors (Lipinski definition) is 2. The molecule has 0 aromatic heterocycles. The Morgan fingerprint density at radius 1 is 1.13 bits per heavy atom. The van der Waals surface area contributed by atoms with Crippen molar-refractivity contribution in [1.82, 2.24) is 0 Å². The summed E-state index contributed by atoms with van der Waals surface area (Å²) in [6.45, 7) is 8.96. The quantitative estimate of drug-likeness (QED) is 0.823. The average molecular weight is 331 g/mol. The van der Waals surface area contributed by atoms with E-state index in [4.69, 9.17) is 0 Å². The van der Waals surface area contributed by atoms with E-state index in [-0.39, 0.29) is 4.90 Å². The van der Waals surface area contributed by atoms with Crippen LogP contribution in [0.15, 0.2) is 65.6 Å². The maximum atomic E-state index is 12.5. The minimum Gasteiger partial charge on any atom is -0.381 e. The van der Waals surface area contributed by atoms with E-state index in [9.17, 15) is 13.5 Å². The van der Waals surface area contributed by atoms with Gasteiger partial charge in [0.1, 0.15) is 5.60 Å². The number of anilines is 1. The van der Waals surface area contributed by atoms with Gasteiger partial charge in [0.15, 0.2) is 0 Å². The highest BCUT2D eigenvalue weighted by molar-refractivity contribution is 7.92. The first-order valence-electron chi connectivity index (χ1n) is 7.22. The topological polar surface area (TPSA) is 66.4 Å². The van der Waals surface area contributed by atoms with Gasteiger partial charge in [-0.1, -0.05) is 42.5 Å². The molecule has 5 heteroatoms. The third kappa shape index (κ3) is 3.63. The number of aryl methyl sites for hydroxylation is 1. The molecule has 0 radical (unpaired) electrons. The first-order valence-corrected chi connectivity index (χ1v) is 8.70. The molecule has 0 saturated heterocycles. The SMILES string of the molecule is C=C(C)C(C)(O)c1ccccc1NS(=O)(=O)c1ccc(C)cc1. The van der Waals surface area contributed by atoms with Crippen LogP contribution in [0.25, 0.3) is 0 Å². The molecule has 0 aliphatic rings. The molecular weight excluding hydrogens is 310 g/mol. The van der Waals surface area contributed by atoms with Gasteiger partial charge in [0.2, 0.25) is 0 Å². The Morgan fingerprint density at radius 3 is 2.26 bits per heavy atom. The highest BCUT2D eigenvalue weighted by Crippen LogP contribution is 2.34. The van der Waals surface area contributed by atoms with Crippen LogP contribution in [-0.4, -0.2) is 13.5 Å². The van der Waals surface area contributed by atoms with Crippen molar-refractivity contribution < 1.29 is 13.5 Å². The lowest BCUT2D eigenvalue weighted by Crippen LogP contribution is -2.25. The van der Waals surface area contributed by atoms with Crippen LogP contribution in [0.5, 0.6) is 0 Å². The molecule has 0 spiro atoms. The molecule has 0 aliphatic heterocycles. The molecule has 0 amide bonds. The summed E-state index contributed by atoms with van der Waals surface area (Å²) in [6.07, 6.45) is 0. The van der Waals surface area contributed by atoms with Crippen LogP contribution < -0.4 is 4.72 Å². The molecule has 0 bridgehead atoms. The number of hydrogen-bond acceptors (Lipinski definition) is 3. The van der Waals surface area contributed by atoms with Crippen molar-refractivity contribution >= 4 is 15.7 Å². The Hall–Kier alpha value is -2.11. The van der Waals surface area contributed by atoms with Gasteiger partial charge in [0.25, 0.3) is 10.0 Å². The molecular formula is C18H21NO3S. The van der Waals surface area contributed by atoms with E-state index in [0.717, 1.165) is 5.56 Å². The van der Waals surface area contributed by atoms with Gasteiger partial charge < -0.3 is 5.11 Å². The van der Waals surface area contributed by atoms with Crippen LogP contribution in [0.3, 0.4) is 0 Å². The maximum absolute atomic E-state index is 12.5. The molecule has 0 fully saturated rings. The first kappa shape index (κ1) is 17.2. The van der Waals surface area contributed by atoms with Crippen LogP contribution in [0.2, 0.25) is 0 Å². The van der Waals surface area contributed by atoms with E-state index < -0.39 is 15.6 Å². The zero-order valence-electron chi connectivity index (χ0n) is 13.5. The fourth-order valence-electron chi connectivity index (χ4n) is 2.15. The lowest BCUT2D eigenvalue weighted by molar-refractivity contribution is 0.0989. The first-order chi connectivity index (χ1) is 10.6. The second kappa shape index (κ2) is 6.18. The van der Waals surface area contributed by atoms with E-state index in [2.05, 4.69) is 11.3 Å². The van der Waals surface area contributed by atoms with E-state index in [1.807, 2.05) is 6.92 Å². The zero-order valence-corrected chi connectivity index (χ0v) is 14.3. The van der Waals surface area contributed by atoms with E-state index in [1.165, 1.54) is 0 Å². The Bertz CT molecular complexity index is 822. The lowest BCUT2D eigenvalue weighted by atomic mass is 9.89. The van der Waals surface area contributed by atoms with E-state index in [0.29, 0.717) is 16.8 Å². The third-order valence-electron chi connectivity index (χ3n) is 3.86. The number of nitrogens with one attached hydrogen (secondary N) is 1. The summed E-state index contributed by atoms with van der Waals surface area (Å²) >= 11 is 0. The summed E-state index contributed by atoms with van der Waals surface area (Å²) < 4.78 is 27.6. The van der Waals surface area contributed by atoms with Crippen molar-refractivity contribution in [2.45, 2.75) is 31.3 Å². The van der Waals surface area contributed by atoms with Gasteiger partial charge in [0, 0.05) is 5.56 Å². The van der Waals surface area contributed by atoms with Crippen LogP contribution in [0, 0.1) is 6.92 Å². The molecule has 2 N–H and O–H groups in total. The minimum atomic E-state index is -3.73. The lowest BCUT2D eigenvalue weighted by Gasteiger charge is -2.27. The fourth-order valence-corrected chi connectivity index (χ4v) is 3.23. The van der Waals surface area contributed by atoms with Crippen molar-refractivity contribution in [1.29, 1.82) is 0 Å². The van der Waals surface area contributed by atoms with Gasteiger partial charge in [-0.2, -0.15) is 0 Å². The van der Waals surface area contributed by atoms with Gasteiger partial charge in [-0.15, -0.1) is 0 Å².